The van der Waals surface area contributed by atoms with Gasteiger partial charge < -0.3 is 20.5 Å². The van der Waals surface area contributed by atoms with E-state index in [2.05, 4.69) is 15.2 Å². The molecule has 42 heavy (non-hydrogen) atoms. The standard InChI is InChI=1S/C31H34F4N4O3/c1-41-21-7-10-39(11-8-21)17-20-13-18(4-5-27(20)42-12-2-3-28(33)34)22-15-25(30(36)38-29(22)35)24-14-19-6-9-37-31(40)23(19)16-26(24)32/h4-5,13-16,21,28H,2-3,6-12,17H2,1H3,(H2,36,38)(H,37,40). The molecule has 3 N–H and O–H groups in total. The molecule has 0 radical (unpaired) electrons. The van der Waals surface area contributed by atoms with Gasteiger partial charge in [0.2, 0.25) is 12.4 Å². The lowest BCUT2D eigenvalue weighted by Gasteiger charge is -2.31. The first-order chi connectivity index (χ1) is 20.2. The summed E-state index contributed by atoms with van der Waals surface area (Å²) in [6.45, 7) is 2.66. The van der Waals surface area contributed by atoms with Crippen LogP contribution < -0.4 is 15.8 Å². The zero-order valence-corrected chi connectivity index (χ0v) is 23.4. The van der Waals surface area contributed by atoms with Crippen LogP contribution in [0, 0.1) is 11.8 Å². The minimum absolute atomic E-state index is 0.123. The van der Waals surface area contributed by atoms with E-state index in [0.717, 1.165) is 31.5 Å². The van der Waals surface area contributed by atoms with Crippen LogP contribution in [0.25, 0.3) is 22.3 Å². The molecule has 1 amide bonds. The van der Waals surface area contributed by atoms with Gasteiger partial charge in [-0.25, -0.2) is 18.2 Å². The number of anilines is 1. The number of carbonyl (C=O) groups excluding carboxylic acids is 1. The highest BCUT2D eigenvalue weighted by Crippen LogP contribution is 2.36. The molecule has 3 heterocycles. The maximum Gasteiger partial charge on any atom is 0.251 e. The van der Waals surface area contributed by atoms with Crippen molar-refractivity contribution in [3.63, 3.8) is 0 Å². The molecule has 224 valence electrons. The van der Waals surface area contributed by atoms with E-state index in [4.69, 9.17) is 15.2 Å². The zero-order valence-electron chi connectivity index (χ0n) is 23.4. The Morgan fingerprint density at radius 1 is 1.07 bits per heavy atom. The average Bonchev–Trinajstić information content (AvgIpc) is 2.97. The molecular weight excluding hydrogens is 552 g/mol. The van der Waals surface area contributed by atoms with Gasteiger partial charge in [0.05, 0.1) is 12.7 Å². The van der Waals surface area contributed by atoms with E-state index < -0.39 is 18.2 Å². The molecule has 2 aliphatic heterocycles. The normalized spacial score (nSPS) is 16.0. The van der Waals surface area contributed by atoms with Crippen LogP contribution in [0.3, 0.4) is 0 Å². The smallest absolute Gasteiger partial charge is 0.251 e. The lowest BCUT2D eigenvalue weighted by molar-refractivity contribution is 0.0386. The van der Waals surface area contributed by atoms with E-state index in [1.165, 1.54) is 12.1 Å². The Morgan fingerprint density at radius 3 is 2.60 bits per heavy atom. The molecule has 3 aromatic rings. The van der Waals surface area contributed by atoms with Gasteiger partial charge in [0.1, 0.15) is 17.4 Å². The minimum Gasteiger partial charge on any atom is -0.493 e. The first kappa shape index (κ1) is 29.8. The largest absolute Gasteiger partial charge is 0.493 e. The second-order valence-corrected chi connectivity index (χ2v) is 10.7. The molecule has 5 rings (SSSR count). The van der Waals surface area contributed by atoms with Gasteiger partial charge in [-0.05, 0) is 67.1 Å². The van der Waals surface area contributed by atoms with E-state index in [1.807, 2.05) is 0 Å². The number of benzene rings is 2. The zero-order chi connectivity index (χ0) is 29.8. The second kappa shape index (κ2) is 13.1. The van der Waals surface area contributed by atoms with Gasteiger partial charge in [-0.1, -0.05) is 6.07 Å². The highest BCUT2D eigenvalue weighted by atomic mass is 19.3. The summed E-state index contributed by atoms with van der Waals surface area (Å²) in [7, 11) is 1.70. The van der Waals surface area contributed by atoms with Crippen LogP contribution in [0.2, 0.25) is 0 Å². The number of fused-ring (bicyclic) bond motifs is 1. The summed E-state index contributed by atoms with van der Waals surface area (Å²) < 4.78 is 67.2. The Morgan fingerprint density at radius 2 is 1.86 bits per heavy atom. The van der Waals surface area contributed by atoms with Crippen molar-refractivity contribution in [3.05, 3.63) is 64.9 Å². The van der Waals surface area contributed by atoms with Gasteiger partial charge in [0.15, 0.2) is 0 Å². The third kappa shape index (κ3) is 6.68. The number of amides is 1. The van der Waals surface area contributed by atoms with Crippen molar-refractivity contribution in [3.8, 4) is 28.0 Å². The highest BCUT2D eigenvalue weighted by molar-refractivity contribution is 5.97. The first-order valence-corrected chi connectivity index (χ1v) is 14.1. The number of nitrogens with two attached hydrogens (primary N) is 1. The molecule has 0 aliphatic carbocycles. The number of nitrogens with one attached hydrogen (secondary N) is 1. The summed E-state index contributed by atoms with van der Waals surface area (Å²) in [6, 6.07) is 9.37. The molecule has 0 unspecified atom stereocenters. The number of halogens is 4. The number of piperidine rings is 1. The maximum absolute atomic E-state index is 15.3. The van der Waals surface area contributed by atoms with Crippen molar-refractivity contribution in [1.29, 1.82) is 0 Å². The summed E-state index contributed by atoms with van der Waals surface area (Å²) in [6.07, 6.45) is 0.0102. The number of pyridine rings is 1. The topological polar surface area (TPSA) is 89.7 Å². The molecule has 2 aromatic carbocycles. The van der Waals surface area contributed by atoms with Crippen LogP contribution in [0.5, 0.6) is 5.75 Å². The predicted octanol–water partition coefficient (Wildman–Crippen LogP) is 5.60. The monoisotopic (exact) mass is 586 g/mol. The van der Waals surface area contributed by atoms with Crippen molar-refractivity contribution in [1.82, 2.24) is 15.2 Å². The number of alkyl halides is 2. The average molecular weight is 587 g/mol. The Bertz CT molecular complexity index is 1440. The SMILES string of the molecule is COC1CCN(Cc2cc(-c3cc(-c4cc5c(cc4F)C(=O)NCC5)c(N)nc3F)ccc2OCCCC(F)F)CC1. The number of hydrogen-bond donors (Lipinski definition) is 2. The van der Waals surface area contributed by atoms with E-state index in [0.29, 0.717) is 36.4 Å². The molecule has 1 saturated heterocycles. The van der Waals surface area contributed by atoms with Crippen LogP contribution in [-0.2, 0) is 17.7 Å². The fourth-order valence-electron chi connectivity index (χ4n) is 5.55. The van der Waals surface area contributed by atoms with Gasteiger partial charge in [-0.15, -0.1) is 0 Å². The lowest BCUT2D eigenvalue weighted by Crippen LogP contribution is -2.36. The highest BCUT2D eigenvalue weighted by Gasteiger charge is 2.24. The van der Waals surface area contributed by atoms with Gasteiger partial charge in [-0.2, -0.15) is 4.39 Å². The number of nitrogen functional groups attached to an aromatic ring is 1. The Labute approximate surface area is 242 Å². The molecule has 1 fully saturated rings. The molecule has 7 nitrogen and oxygen atoms in total. The summed E-state index contributed by atoms with van der Waals surface area (Å²) in [5.41, 5.74) is 8.74. The predicted molar refractivity (Wildman–Crippen MR) is 152 cm³/mol. The quantitative estimate of drug-likeness (QED) is 0.183. The van der Waals surface area contributed by atoms with E-state index in [9.17, 15) is 13.6 Å². The Kier molecular flexibility index (Phi) is 9.27. The summed E-state index contributed by atoms with van der Waals surface area (Å²) in [4.78, 5) is 18.3. The third-order valence-electron chi connectivity index (χ3n) is 7.87. The number of likely N-dealkylation sites (tertiary alicyclic amines) is 1. The van der Waals surface area contributed by atoms with E-state index in [-0.39, 0.29) is 59.5 Å². The van der Waals surface area contributed by atoms with Crippen molar-refractivity contribution in [2.75, 3.05) is 39.1 Å². The fraction of sp³-hybridized carbons (Fsp3) is 0.419. The van der Waals surface area contributed by atoms with Crippen LogP contribution >= 0.6 is 0 Å². The Balaban J connectivity index is 1.48. The number of hydrogen-bond acceptors (Lipinski definition) is 6. The van der Waals surface area contributed by atoms with Gasteiger partial charge >= 0.3 is 0 Å². The van der Waals surface area contributed by atoms with E-state index >= 15 is 8.78 Å². The number of carbonyl (C=O) groups is 1. The number of nitrogens with zero attached hydrogens (tertiary/aromatic N) is 2. The molecule has 1 aromatic heterocycles. The summed E-state index contributed by atoms with van der Waals surface area (Å²) in [5, 5.41) is 2.69. The van der Waals surface area contributed by atoms with Crippen LogP contribution in [0.4, 0.5) is 23.4 Å². The molecule has 0 bridgehead atoms. The van der Waals surface area contributed by atoms with Crippen molar-refractivity contribution in [2.45, 2.75) is 51.2 Å². The Hall–Kier alpha value is -3.70. The summed E-state index contributed by atoms with van der Waals surface area (Å²) >= 11 is 0. The molecule has 11 heteroatoms. The number of rotatable bonds is 10. The lowest BCUT2D eigenvalue weighted by atomic mass is 9.93. The molecular formula is C31H34F4N4O3. The number of aromatic nitrogens is 1. The van der Waals surface area contributed by atoms with Crippen molar-refractivity contribution >= 4 is 11.7 Å². The molecule has 0 saturated carbocycles. The van der Waals surface area contributed by atoms with Crippen LogP contribution in [-0.4, -0.2) is 61.7 Å². The summed E-state index contributed by atoms with van der Waals surface area (Å²) in [5.74, 6) is -1.46. The van der Waals surface area contributed by atoms with Crippen molar-refractivity contribution < 1.29 is 31.8 Å². The van der Waals surface area contributed by atoms with Crippen molar-refractivity contribution in [2.24, 2.45) is 0 Å². The third-order valence-corrected chi connectivity index (χ3v) is 7.87. The van der Waals surface area contributed by atoms with Crippen LogP contribution in [0.15, 0.2) is 36.4 Å². The van der Waals surface area contributed by atoms with Gasteiger partial charge in [0, 0.05) is 67.5 Å². The van der Waals surface area contributed by atoms with E-state index in [1.54, 1.807) is 31.4 Å². The first-order valence-electron chi connectivity index (χ1n) is 14.1. The van der Waals surface area contributed by atoms with Gasteiger partial charge in [-0.3, -0.25) is 9.69 Å². The fourth-order valence-corrected chi connectivity index (χ4v) is 5.55. The maximum atomic E-state index is 15.3. The van der Waals surface area contributed by atoms with Gasteiger partial charge in [0.25, 0.3) is 5.91 Å². The second-order valence-electron chi connectivity index (χ2n) is 10.7. The minimum atomic E-state index is -2.40. The molecule has 0 spiro atoms. The van der Waals surface area contributed by atoms with Crippen LogP contribution in [0.1, 0.15) is 47.2 Å². The molecule has 2 aliphatic rings. The number of ether oxygens (including phenoxy) is 2. The number of methoxy groups -OCH3 is 1. The molecule has 0 atom stereocenters.